The van der Waals surface area contributed by atoms with Gasteiger partial charge in [0.05, 0.1) is 16.8 Å². The molecule has 1 aliphatic rings. The van der Waals surface area contributed by atoms with Crippen molar-refractivity contribution in [3.8, 4) is 0 Å². The van der Waals surface area contributed by atoms with E-state index < -0.39 is 11.9 Å². The number of aliphatic imine (C=N–C) groups is 1. The van der Waals surface area contributed by atoms with Gasteiger partial charge < -0.3 is 19.7 Å². The van der Waals surface area contributed by atoms with Crippen molar-refractivity contribution in [2.45, 2.75) is 38.3 Å². The number of hydrogen-bond acceptors (Lipinski definition) is 5. The fourth-order valence-corrected chi connectivity index (χ4v) is 3.94. The van der Waals surface area contributed by atoms with Crippen LogP contribution in [-0.2, 0) is 4.74 Å². The van der Waals surface area contributed by atoms with E-state index in [2.05, 4.69) is 16.9 Å². The SMILES string of the molecule is C=C(/N=C(\C=C/C)c1ccn(C(CCO)c2ccc(Cl)c(F)c2)c(=O)c1)NC1CCOCC1. The van der Waals surface area contributed by atoms with Gasteiger partial charge in [-0.2, -0.15) is 0 Å². The smallest absolute Gasteiger partial charge is 0.251 e. The minimum absolute atomic E-state index is 0.00555. The Balaban J connectivity index is 1.88. The molecule has 0 aliphatic carbocycles. The zero-order valence-electron chi connectivity index (χ0n) is 18.6. The Morgan fingerprint density at radius 2 is 2.15 bits per heavy atom. The Hall–Kier alpha value is -2.74. The first-order valence-corrected chi connectivity index (χ1v) is 11.3. The van der Waals surface area contributed by atoms with Crippen molar-refractivity contribution in [1.29, 1.82) is 0 Å². The lowest BCUT2D eigenvalue weighted by atomic mass is 10.0. The Labute approximate surface area is 198 Å². The lowest BCUT2D eigenvalue weighted by molar-refractivity contribution is 0.0803. The molecular weight excluding hydrogens is 445 g/mol. The zero-order chi connectivity index (χ0) is 23.8. The lowest BCUT2D eigenvalue weighted by Gasteiger charge is -2.24. The third-order valence-corrected chi connectivity index (χ3v) is 5.79. The Morgan fingerprint density at radius 3 is 2.79 bits per heavy atom. The second-order valence-electron chi connectivity index (χ2n) is 7.84. The van der Waals surface area contributed by atoms with Gasteiger partial charge in [0.15, 0.2) is 0 Å². The molecule has 1 aliphatic heterocycles. The number of pyridine rings is 1. The fourth-order valence-electron chi connectivity index (χ4n) is 3.83. The summed E-state index contributed by atoms with van der Waals surface area (Å²) in [6.07, 6.45) is 7.33. The van der Waals surface area contributed by atoms with Crippen molar-refractivity contribution in [3.63, 3.8) is 0 Å². The molecule has 33 heavy (non-hydrogen) atoms. The molecule has 0 saturated carbocycles. The molecule has 0 spiro atoms. The van der Waals surface area contributed by atoms with Crippen molar-refractivity contribution in [2.75, 3.05) is 19.8 Å². The summed E-state index contributed by atoms with van der Waals surface area (Å²) < 4.78 is 20.9. The van der Waals surface area contributed by atoms with Gasteiger partial charge in [-0.1, -0.05) is 30.3 Å². The lowest BCUT2D eigenvalue weighted by Crippen LogP contribution is -2.33. The molecule has 1 aromatic heterocycles. The Kier molecular flexibility index (Phi) is 9.00. The van der Waals surface area contributed by atoms with Crippen LogP contribution >= 0.6 is 11.6 Å². The van der Waals surface area contributed by atoms with Gasteiger partial charge in [0.2, 0.25) is 0 Å². The van der Waals surface area contributed by atoms with Crippen molar-refractivity contribution in [3.05, 3.63) is 93.4 Å². The van der Waals surface area contributed by atoms with E-state index in [9.17, 15) is 14.3 Å². The number of halogens is 2. The molecule has 6 nitrogen and oxygen atoms in total. The highest BCUT2D eigenvalue weighted by molar-refractivity contribution is 6.30. The number of allylic oxidation sites excluding steroid dienone is 2. The molecule has 1 atom stereocenters. The number of aliphatic hydroxyl groups excluding tert-OH is 1. The van der Waals surface area contributed by atoms with Crippen LogP contribution in [0.25, 0.3) is 0 Å². The van der Waals surface area contributed by atoms with Crippen LogP contribution in [0.1, 0.15) is 43.4 Å². The van der Waals surface area contributed by atoms with Crippen LogP contribution in [0.15, 0.2) is 70.9 Å². The minimum Gasteiger partial charge on any atom is -0.396 e. The maximum atomic E-state index is 14.0. The van der Waals surface area contributed by atoms with Crippen LogP contribution in [0, 0.1) is 5.82 Å². The summed E-state index contributed by atoms with van der Waals surface area (Å²) in [5.41, 5.74) is 1.50. The largest absolute Gasteiger partial charge is 0.396 e. The molecule has 1 aromatic carbocycles. The highest BCUT2D eigenvalue weighted by Crippen LogP contribution is 2.25. The van der Waals surface area contributed by atoms with Gasteiger partial charge in [-0.15, -0.1) is 0 Å². The summed E-state index contributed by atoms with van der Waals surface area (Å²) in [6, 6.07) is 7.39. The van der Waals surface area contributed by atoms with E-state index in [1.54, 1.807) is 18.3 Å². The van der Waals surface area contributed by atoms with Crippen LogP contribution < -0.4 is 10.9 Å². The summed E-state index contributed by atoms with van der Waals surface area (Å²) in [5.74, 6) is -0.0474. The van der Waals surface area contributed by atoms with Gasteiger partial charge in [0.1, 0.15) is 11.6 Å². The molecule has 2 aromatic rings. The number of aliphatic hydroxyl groups is 1. The number of nitrogens with one attached hydrogen (secondary N) is 1. The van der Waals surface area contributed by atoms with E-state index >= 15 is 0 Å². The average molecular weight is 474 g/mol. The third-order valence-electron chi connectivity index (χ3n) is 5.48. The highest BCUT2D eigenvalue weighted by Gasteiger charge is 2.18. The molecule has 176 valence electrons. The first-order chi connectivity index (χ1) is 15.9. The minimum atomic E-state index is -0.570. The monoisotopic (exact) mass is 473 g/mol. The Morgan fingerprint density at radius 1 is 1.39 bits per heavy atom. The van der Waals surface area contributed by atoms with Crippen LogP contribution in [0.4, 0.5) is 4.39 Å². The summed E-state index contributed by atoms with van der Waals surface area (Å²) in [4.78, 5) is 17.6. The van der Waals surface area contributed by atoms with Crippen LogP contribution in [0.2, 0.25) is 5.02 Å². The Bertz CT molecular complexity index is 1090. The van der Waals surface area contributed by atoms with E-state index in [1.165, 1.54) is 22.8 Å². The fraction of sp³-hybridized carbons (Fsp3) is 0.360. The second kappa shape index (κ2) is 11.9. The van der Waals surface area contributed by atoms with Crippen molar-refractivity contribution >= 4 is 17.3 Å². The van der Waals surface area contributed by atoms with Crippen molar-refractivity contribution < 1.29 is 14.2 Å². The number of rotatable bonds is 9. The van der Waals surface area contributed by atoms with E-state index in [1.807, 2.05) is 19.1 Å². The quantitative estimate of drug-likeness (QED) is 0.535. The first kappa shape index (κ1) is 24.9. The number of aromatic nitrogens is 1. The first-order valence-electron chi connectivity index (χ1n) is 11.0. The number of nitrogens with zero attached hydrogens (tertiary/aromatic N) is 2. The summed E-state index contributed by atoms with van der Waals surface area (Å²) in [5, 5.41) is 12.9. The molecule has 2 N–H and O–H groups in total. The van der Waals surface area contributed by atoms with Crippen LogP contribution in [0.5, 0.6) is 0 Å². The van der Waals surface area contributed by atoms with Gasteiger partial charge in [0, 0.05) is 43.7 Å². The van der Waals surface area contributed by atoms with E-state index in [0.29, 0.717) is 35.9 Å². The topological polar surface area (TPSA) is 75.8 Å². The number of ether oxygens (including phenoxy) is 1. The van der Waals surface area contributed by atoms with Crippen molar-refractivity contribution in [1.82, 2.24) is 9.88 Å². The molecule has 8 heteroatoms. The highest BCUT2D eigenvalue weighted by atomic mass is 35.5. The van der Waals surface area contributed by atoms with Crippen LogP contribution in [0.3, 0.4) is 0 Å². The van der Waals surface area contributed by atoms with Gasteiger partial charge in [0.25, 0.3) is 5.56 Å². The molecular formula is C25H29ClFN3O3. The van der Waals surface area contributed by atoms with Gasteiger partial charge in [-0.25, -0.2) is 9.38 Å². The van der Waals surface area contributed by atoms with Crippen LogP contribution in [-0.4, -0.2) is 41.2 Å². The molecule has 1 saturated heterocycles. The third kappa shape index (κ3) is 6.63. The van der Waals surface area contributed by atoms with Gasteiger partial charge >= 0.3 is 0 Å². The van der Waals surface area contributed by atoms with Gasteiger partial charge in [-0.05, 0) is 56.0 Å². The predicted octanol–water partition coefficient (Wildman–Crippen LogP) is 4.22. The maximum Gasteiger partial charge on any atom is 0.251 e. The molecule has 2 heterocycles. The summed E-state index contributed by atoms with van der Waals surface area (Å²) >= 11 is 5.80. The average Bonchev–Trinajstić information content (AvgIpc) is 2.80. The molecule has 3 rings (SSSR count). The molecule has 0 bridgehead atoms. The number of hydrogen-bond donors (Lipinski definition) is 2. The summed E-state index contributed by atoms with van der Waals surface area (Å²) in [6.45, 7) is 7.14. The molecule has 0 amide bonds. The van der Waals surface area contributed by atoms with E-state index in [-0.39, 0.29) is 29.7 Å². The second-order valence-corrected chi connectivity index (χ2v) is 8.24. The normalized spacial score (nSPS) is 16.2. The van der Waals surface area contributed by atoms with E-state index in [4.69, 9.17) is 16.3 Å². The predicted molar refractivity (Wildman–Crippen MR) is 129 cm³/mol. The molecule has 1 unspecified atom stereocenters. The number of benzene rings is 1. The molecule has 0 radical (unpaired) electrons. The maximum absolute atomic E-state index is 14.0. The van der Waals surface area contributed by atoms with Gasteiger partial charge in [-0.3, -0.25) is 4.79 Å². The zero-order valence-corrected chi connectivity index (χ0v) is 19.4. The van der Waals surface area contributed by atoms with E-state index in [0.717, 1.165) is 12.8 Å². The molecule has 1 fully saturated rings. The van der Waals surface area contributed by atoms with Crippen molar-refractivity contribution in [2.24, 2.45) is 4.99 Å². The standard InChI is InChI=1S/C25H29ClFN3O3/c1-3-4-23(29-17(2)28-20-9-13-33-14-10-20)18-7-11-30(25(32)16-18)24(8-12-31)19-5-6-21(26)22(27)15-19/h3-7,11,15-16,20,24,28,31H,2,8-10,12-14H2,1H3/b4-3-,29-23+. The summed E-state index contributed by atoms with van der Waals surface area (Å²) in [7, 11) is 0.